The van der Waals surface area contributed by atoms with Crippen LogP contribution in [-0.4, -0.2) is 43.2 Å². The number of fused-ring (bicyclic) bond motifs is 1. The van der Waals surface area contributed by atoms with Crippen LogP contribution in [0.25, 0.3) is 17.0 Å². The Balaban J connectivity index is 2.08. The summed E-state index contributed by atoms with van der Waals surface area (Å²) in [6.45, 7) is 6.46. The van der Waals surface area contributed by atoms with Gasteiger partial charge in [0.05, 0.1) is 18.7 Å². The molecule has 3 rings (SSSR count). The van der Waals surface area contributed by atoms with Crippen molar-refractivity contribution in [1.82, 2.24) is 10.3 Å². The molecule has 1 aliphatic rings. The molecule has 2 aromatic rings. The second kappa shape index (κ2) is 7.98. The Morgan fingerprint density at radius 1 is 1.35 bits per heavy atom. The number of hydrogen-bond donors (Lipinski definition) is 1. The predicted molar refractivity (Wildman–Crippen MR) is 102 cm³/mol. The molecule has 0 saturated carbocycles. The average molecular weight is 350 g/mol. The maximum absolute atomic E-state index is 12.3. The van der Waals surface area contributed by atoms with Crippen LogP contribution < -0.4 is 10.2 Å². The van der Waals surface area contributed by atoms with Crippen LogP contribution in [0.1, 0.15) is 19.4 Å². The number of morpholine rings is 1. The predicted octanol–water partition coefficient (Wildman–Crippen LogP) is 2.50. The first kappa shape index (κ1) is 17.9. The number of para-hydroxylation sites is 1. The number of aromatic nitrogens is 1. The molecule has 0 aliphatic carbocycles. The summed E-state index contributed by atoms with van der Waals surface area (Å²) in [5.74, 6) is 0.403. The summed E-state index contributed by atoms with van der Waals surface area (Å²) in [6.07, 6.45) is 1.63. The number of rotatable bonds is 4. The molecule has 1 fully saturated rings. The topological polar surface area (TPSA) is 78.2 Å². The highest BCUT2D eigenvalue weighted by molar-refractivity contribution is 6.03. The van der Waals surface area contributed by atoms with Crippen LogP contribution in [0.3, 0.4) is 0 Å². The smallest absolute Gasteiger partial charge is 0.262 e. The molecule has 1 N–H and O–H groups in total. The number of carbonyl (C=O) groups excluding carboxylic acids is 1. The Hall–Kier alpha value is -2.91. The maximum atomic E-state index is 12.3. The summed E-state index contributed by atoms with van der Waals surface area (Å²) in [5, 5.41) is 13.2. The van der Waals surface area contributed by atoms with E-state index in [1.165, 1.54) is 0 Å². The molecule has 26 heavy (non-hydrogen) atoms. The first-order valence-corrected chi connectivity index (χ1v) is 8.73. The van der Waals surface area contributed by atoms with E-state index in [9.17, 15) is 10.1 Å². The number of hydrogen-bond acceptors (Lipinski definition) is 5. The first-order chi connectivity index (χ1) is 12.6. The molecule has 0 spiro atoms. The summed E-state index contributed by atoms with van der Waals surface area (Å²) in [6, 6.07) is 11.8. The van der Waals surface area contributed by atoms with Gasteiger partial charge in [-0.1, -0.05) is 18.2 Å². The van der Waals surface area contributed by atoms with Gasteiger partial charge < -0.3 is 15.0 Å². The quantitative estimate of drug-likeness (QED) is 0.677. The highest BCUT2D eigenvalue weighted by Crippen LogP contribution is 2.26. The van der Waals surface area contributed by atoms with Crippen molar-refractivity contribution in [2.75, 3.05) is 31.2 Å². The highest BCUT2D eigenvalue weighted by atomic mass is 16.5. The fourth-order valence-corrected chi connectivity index (χ4v) is 2.90. The van der Waals surface area contributed by atoms with Crippen LogP contribution >= 0.6 is 0 Å². The maximum Gasteiger partial charge on any atom is 0.262 e. The van der Waals surface area contributed by atoms with Crippen LogP contribution in [-0.2, 0) is 9.53 Å². The van der Waals surface area contributed by atoms with Gasteiger partial charge in [0, 0.05) is 30.1 Å². The third kappa shape index (κ3) is 4.01. The number of benzene rings is 1. The van der Waals surface area contributed by atoms with E-state index in [1.54, 1.807) is 6.08 Å². The van der Waals surface area contributed by atoms with E-state index in [1.807, 2.05) is 50.2 Å². The van der Waals surface area contributed by atoms with Crippen molar-refractivity contribution in [3.8, 4) is 6.07 Å². The minimum atomic E-state index is -0.372. The zero-order valence-electron chi connectivity index (χ0n) is 15.0. The van der Waals surface area contributed by atoms with Gasteiger partial charge in [0.2, 0.25) is 0 Å². The number of nitrogens with one attached hydrogen (secondary N) is 1. The lowest BCUT2D eigenvalue weighted by atomic mass is 10.1. The number of amides is 1. The fourth-order valence-electron chi connectivity index (χ4n) is 2.90. The third-order valence-electron chi connectivity index (χ3n) is 4.13. The van der Waals surface area contributed by atoms with Crippen molar-refractivity contribution in [2.45, 2.75) is 19.9 Å². The minimum Gasteiger partial charge on any atom is -0.378 e. The lowest BCUT2D eigenvalue weighted by Gasteiger charge is -2.29. The summed E-state index contributed by atoms with van der Waals surface area (Å²) in [5.41, 5.74) is 1.72. The van der Waals surface area contributed by atoms with Crippen molar-refractivity contribution in [3.05, 3.63) is 41.5 Å². The van der Waals surface area contributed by atoms with Crippen molar-refractivity contribution in [3.63, 3.8) is 0 Å². The monoisotopic (exact) mass is 350 g/mol. The second-order valence-corrected chi connectivity index (χ2v) is 6.49. The SMILES string of the molecule is CC(C)NC(=O)/C(C#N)=C/c1cc2ccccc2nc1N1CCOCC1. The molecule has 1 aliphatic heterocycles. The van der Waals surface area contributed by atoms with E-state index < -0.39 is 0 Å². The Morgan fingerprint density at radius 2 is 2.08 bits per heavy atom. The van der Waals surface area contributed by atoms with Crippen molar-refractivity contribution < 1.29 is 9.53 Å². The number of ether oxygens (including phenoxy) is 1. The Morgan fingerprint density at radius 3 is 2.77 bits per heavy atom. The number of nitrogens with zero attached hydrogens (tertiary/aromatic N) is 3. The average Bonchev–Trinajstić information content (AvgIpc) is 2.65. The van der Waals surface area contributed by atoms with Gasteiger partial charge in [-0.2, -0.15) is 5.26 Å². The Bertz CT molecular complexity index is 877. The van der Waals surface area contributed by atoms with E-state index in [-0.39, 0.29) is 17.5 Å². The minimum absolute atomic E-state index is 0.0345. The number of anilines is 1. The summed E-state index contributed by atoms with van der Waals surface area (Å²) >= 11 is 0. The normalized spacial score (nSPS) is 15.2. The van der Waals surface area contributed by atoms with E-state index in [2.05, 4.69) is 10.2 Å². The van der Waals surface area contributed by atoms with Gasteiger partial charge in [-0.05, 0) is 32.1 Å². The first-order valence-electron chi connectivity index (χ1n) is 8.73. The Kier molecular flexibility index (Phi) is 5.49. The van der Waals surface area contributed by atoms with Gasteiger partial charge >= 0.3 is 0 Å². The zero-order valence-corrected chi connectivity index (χ0v) is 15.0. The van der Waals surface area contributed by atoms with Crippen molar-refractivity contribution in [1.29, 1.82) is 5.26 Å². The molecule has 0 radical (unpaired) electrons. The van der Waals surface area contributed by atoms with Crippen LogP contribution in [0.15, 0.2) is 35.9 Å². The zero-order chi connectivity index (χ0) is 18.5. The van der Waals surface area contributed by atoms with Gasteiger partial charge in [0.1, 0.15) is 17.5 Å². The van der Waals surface area contributed by atoms with Gasteiger partial charge in [-0.15, -0.1) is 0 Å². The molecular formula is C20H22N4O2. The van der Waals surface area contributed by atoms with Crippen LogP contribution in [0.4, 0.5) is 5.82 Å². The molecule has 0 unspecified atom stereocenters. The summed E-state index contributed by atoms with van der Waals surface area (Å²) < 4.78 is 5.43. The van der Waals surface area contributed by atoms with Crippen LogP contribution in [0.5, 0.6) is 0 Å². The van der Waals surface area contributed by atoms with Crippen LogP contribution in [0.2, 0.25) is 0 Å². The summed E-state index contributed by atoms with van der Waals surface area (Å²) in [4.78, 5) is 19.2. The van der Waals surface area contributed by atoms with Crippen LogP contribution in [0, 0.1) is 11.3 Å². The lowest BCUT2D eigenvalue weighted by molar-refractivity contribution is -0.117. The molecule has 6 heteroatoms. The molecule has 0 bridgehead atoms. The molecule has 0 atom stereocenters. The van der Waals surface area contributed by atoms with Gasteiger partial charge in [-0.3, -0.25) is 4.79 Å². The largest absolute Gasteiger partial charge is 0.378 e. The number of pyridine rings is 1. The molecule has 1 amide bonds. The van der Waals surface area contributed by atoms with Crippen molar-refractivity contribution in [2.24, 2.45) is 0 Å². The van der Waals surface area contributed by atoms with E-state index in [4.69, 9.17) is 9.72 Å². The molecule has 6 nitrogen and oxygen atoms in total. The molecule has 1 saturated heterocycles. The third-order valence-corrected chi connectivity index (χ3v) is 4.13. The second-order valence-electron chi connectivity index (χ2n) is 6.49. The van der Waals surface area contributed by atoms with E-state index in [0.29, 0.717) is 13.2 Å². The van der Waals surface area contributed by atoms with Gasteiger partial charge in [-0.25, -0.2) is 4.98 Å². The molecule has 1 aromatic carbocycles. The molecule has 2 heterocycles. The summed E-state index contributed by atoms with van der Waals surface area (Å²) in [7, 11) is 0. The molecular weight excluding hydrogens is 328 g/mol. The molecule has 134 valence electrons. The van der Waals surface area contributed by atoms with Gasteiger partial charge in [0.15, 0.2) is 0 Å². The standard InChI is InChI=1S/C20H22N4O2/c1-14(2)22-20(25)17(13-21)12-16-11-15-5-3-4-6-18(15)23-19(16)24-7-9-26-10-8-24/h3-6,11-12,14H,7-10H2,1-2H3,(H,22,25)/b17-12+. The number of nitriles is 1. The number of carbonyl (C=O) groups is 1. The van der Waals surface area contributed by atoms with E-state index in [0.717, 1.165) is 35.4 Å². The molecule has 1 aromatic heterocycles. The highest BCUT2D eigenvalue weighted by Gasteiger charge is 2.18. The Labute approximate surface area is 153 Å². The van der Waals surface area contributed by atoms with E-state index >= 15 is 0 Å². The van der Waals surface area contributed by atoms with Gasteiger partial charge in [0.25, 0.3) is 5.91 Å². The van der Waals surface area contributed by atoms with Crippen molar-refractivity contribution >= 4 is 28.7 Å². The lowest BCUT2D eigenvalue weighted by Crippen LogP contribution is -2.37. The fraction of sp³-hybridized carbons (Fsp3) is 0.350.